The molecule has 2 atom stereocenters. The zero-order chi connectivity index (χ0) is 20.8. The highest BCUT2D eigenvalue weighted by atomic mass is 16.5. The van der Waals surface area contributed by atoms with E-state index in [1.165, 1.54) is 109 Å². The summed E-state index contributed by atoms with van der Waals surface area (Å²) in [6.07, 6.45) is 26.1. The van der Waals surface area contributed by atoms with Gasteiger partial charge in [0.15, 0.2) is 0 Å². The summed E-state index contributed by atoms with van der Waals surface area (Å²) < 4.78 is 5.71. The summed E-state index contributed by atoms with van der Waals surface area (Å²) in [7, 11) is 0. The van der Waals surface area contributed by atoms with Gasteiger partial charge in [-0.3, -0.25) is 4.90 Å². The highest BCUT2D eigenvalue weighted by Gasteiger charge is 2.39. The van der Waals surface area contributed by atoms with Crippen LogP contribution in [0.25, 0.3) is 0 Å². The lowest BCUT2D eigenvalue weighted by Gasteiger charge is -2.49. The average Bonchev–Trinajstić information content (AvgIpc) is 2.81. The number of rotatable bonds is 6. The van der Waals surface area contributed by atoms with Crippen molar-refractivity contribution in [3.05, 3.63) is 12.7 Å². The number of nitrogens with zero attached hydrogens (tertiary/aromatic N) is 1. The Bertz CT molecular complexity index is 541. The van der Waals surface area contributed by atoms with E-state index in [-0.39, 0.29) is 12.1 Å². The molecule has 170 valence electrons. The maximum Gasteiger partial charge on any atom is 0.330 e. The van der Waals surface area contributed by atoms with Crippen LogP contribution in [0.1, 0.15) is 116 Å². The molecule has 0 N–H and O–H groups in total. The van der Waals surface area contributed by atoms with E-state index in [2.05, 4.69) is 11.5 Å². The van der Waals surface area contributed by atoms with Crippen molar-refractivity contribution in [2.24, 2.45) is 11.8 Å². The van der Waals surface area contributed by atoms with Gasteiger partial charge < -0.3 is 4.74 Å². The third-order valence-corrected chi connectivity index (χ3v) is 8.95. The number of hydrogen-bond donors (Lipinski definition) is 0. The fraction of sp³-hybridized carbons (Fsp3) is 0.889. The fourth-order valence-electron chi connectivity index (χ4n) is 7.46. The summed E-state index contributed by atoms with van der Waals surface area (Å²) in [5, 5.41) is 0. The van der Waals surface area contributed by atoms with Crippen LogP contribution in [-0.4, -0.2) is 35.1 Å². The molecule has 0 bridgehead atoms. The molecule has 3 nitrogen and oxygen atoms in total. The van der Waals surface area contributed by atoms with Gasteiger partial charge in [-0.15, -0.1) is 0 Å². The van der Waals surface area contributed by atoms with Crippen LogP contribution in [0.2, 0.25) is 0 Å². The molecule has 0 amide bonds. The van der Waals surface area contributed by atoms with Crippen LogP contribution in [-0.2, 0) is 9.53 Å². The molecular formula is C27H45NO2. The molecule has 0 aromatic heterocycles. The minimum Gasteiger partial charge on any atom is -0.459 e. The standard InChI is InChI=1S/C27H45NO2/c1-2-27(29)30-26-15-9-14-25(20-26)28(23-12-7-4-8-13-23)24-18-16-22(17-19-24)21-10-5-3-6-11-21/h2,21-26H,1,3-20H2. The molecule has 4 saturated carbocycles. The fourth-order valence-corrected chi connectivity index (χ4v) is 7.46. The van der Waals surface area contributed by atoms with Gasteiger partial charge >= 0.3 is 5.97 Å². The number of carbonyl (C=O) groups excluding carboxylic acids is 1. The van der Waals surface area contributed by atoms with E-state index in [4.69, 9.17) is 4.74 Å². The first-order valence-electron chi connectivity index (χ1n) is 13.3. The Morgan fingerprint density at radius 1 is 0.667 bits per heavy atom. The second kappa shape index (κ2) is 11.2. The Balaban J connectivity index is 1.40. The molecule has 3 heteroatoms. The van der Waals surface area contributed by atoms with Crippen molar-refractivity contribution in [1.82, 2.24) is 4.90 Å². The lowest BCUT2D eigenvalue weighted by molar-refractivity contribution is -0.146. The van der Waals surface area contributed by atoms with Crippen molar-refractivity contribution in [3.8, 4) is 0 Å². The lowest BCUT2D eigenvalue weighted by Crippen LogP contribution is -2.53. The smallest absolute Gasteiger partial charge is 0.330 e. The molecule has 4 aliphatic rings. The van der Waals surface area contributed by atoms with Gasteiger partial charge in [-0.05, 0) is 76.0 Å². The molecule has 0 aliphatic heterocycles. The zero-order valence-electron chi connectivity index (χ0n) is 19.2. The molecule has 0 aromatic carbocycles. The Labute approximate surface area is 185 Å². The quantitative estimate of drug-likeness (QED) is 0.353. The molecule has 0 heterocycles. The van der Waals surface area contributed by atoms with E-state index in [0.29, 0.717) is 6.04 Å². The molecular weight excluding hydrogens is 370 g/mol. The Morgan fingerprint density at radius 3 is 1.90 bits per heavy atom. The van der Waals surface area contributed by atoms with Crippen LogP contribution < -0.4 is 0 Å². The first kappa shape index (κ1) is 22.4. The zero-order valence-corrected chi connectivity index (χ0v) is 19.2. The third kappa shape index (κ3) is 5.69. The highest BCUT2D eigenvalue weighted by Crippen LogP contribution is 2.42. The van der Waals surface area contributed by atoms with Crippen molar-refractivity contribution in [2.45, 2.75) is 140 Å². The van der Waals surface area contributed by atoms with Gasteiger partial charge in [-0.1, -0.05) is 57.9 Å². The summed E-state index contributed by atoms with van der Waals surface area (Å²) >= 11 is 0. The van der Waals surface area contributed by atoms with Crippen LogP contribution in [0, 0.1) is 11.8 Å². The van der Waals surface area contributed by atoms with Gasteiger partial charge in [0.2, 0.25) is 0 Å². The number of carbonyl (C=O) groups is 1. The molecule has 4 aliphatic carbocycles. The van der Waals surface area contributed by atoms with Gasteiger partial charge in [-0.2, -0.15) is 0 Å². The van der Waals surface area contributed by atoms with Crippen LogP contribution >= 0.6 is 0 Å². The third-order valence-electron chi connectivity index (χ3n) is 8.95. The van der Waals surface area contributed by atoms with E-state index in [1.54, 1.807) is 0 Å². The molecule has 0 saturated heterocycles. The van der Waals surface area contributed by atoms with Crippen molar-refractivity contribution in [2.75, 3.05) is 0 Å². The Hall–Kier alpha value is -0.830. The average molecular weight is 416 g/mol. The minimum atomic E-state index is -0.238. The van der Waals surface area contributed by atoms with E-state index in [1.807, 2.05) is 0 Å². The monoisotopic (exact) mass is 415 g/mol. The summed E-state index contributed by atoms with van der Waals surface area (Å²) in [6.45, 7) is 3.59. The topological polar surface area (TPSA) is 29.5 Å². The SMILES string of the molecule is C=CC(=O)OC1CCCC(N(C2CCCCC2)C2CCC(C3CCCCC3)CC2)C1. The first-order chi connectivity index (χ1) is 14.7. The molecule has 2 unspecified atom stereocenters. The molecule has 0 aromatic rings. The van der Waals surface area contributed by atoms with Crippen molar-refractivity contribution < 1.29 is 9.53 Å². The first-order valence-corrected chi connectivity index (χ1v) is 13.3. The summed E-state index contributed by atoms with van der Waals surface area (Å²) in [4.78, 5) is 14.8. The van der Waals surface area contributed by atoms with E-state index < -0.39 is 0 Å². The second-order valence-electron chi connectivity index (χ2n) is 10.8. The number of ether oxygens (including phenoxy) is 1. The highest BCUT2D eigenvalue weighted by molar-refractivity contribution is 5.81. The van der Waals surface area contributed by atoms with Crippen LogP contribution in [0.5, 0.6) is 0 Å². The van der Waals surface area contributed by atoms with Crippen molar-refractivity contribution in [3.63, 3.8) is 0 Å². The summed E-state index contributed by atoms with van der Waals surface area (Å²) in [5.74, 6) is 1.79. The maximum atomic E-state index is 11.8. The molecule has 30 heavy (non-hydrogen) atoms. The van der Waals surface area contributed by atoms with Gasteiger partial charge in [0.1, 0.15) is 6.10 Å². The number of esters is 1. The predicted octanol–water partition coefficient (Wildman–Crippen LogP) is 6.80. The van der Waals surface area contributed by atoms with E-state index in [0.717, 1.165) is 36.8 Å². The van der Waals surface area contributed by atoms with Crippen molar-refractivity contribution in [1.29, 1.82) is 0 Å². The van der Waals surface area contributed by atoms with Gasteiger partial charge in [0.05, 0.1) is 0 Å². The van der Waals surface area contributed by atoms with Gasteiger partial charge in [-0.25, -0.2) is 4.79 Å². The minimum absolute atomic E-state index is 0.0962. The Morgan fingerprint density at radius 2 is 1.23 bits per heavy atom. The molecule has 0 spiro atoms. The molecule has 4 rings (SSSR count). The maximum absolute atomic E-state index is 11.8. The summed E-state index contributed by atoms with van der Waals surface area (Å²) in [5.41, 5.74) is 0. The summed E-state index contributed by atoms with van der Waals surface area (Å²) in [6, 6.07) is 2.15. The molecule has 4 fully saturated rings. The normalized spacial score (nSPS) is 34.6. The number of hydrogen-bond acceptors (Lipinski definition) is 3. The van der Waals surface area contributed by atoms with E-state index in [9.17, 15) is 4.79 Å². The van der Waals surface area contributed by atoms with Crippen LogP contribution in [0.3, 0.4) is 0 Å². The largest absolute Gasteiger partial charge is 0.459 e. The van der Waals surface area contributed by atoms with Crippen LogP contribution in [0.4, 0.5) is 0 Å². The van der Waals surface area contributed by atoms with Crippen LogP contribution in [0.15, 0.2) is 12.7 Å². The Kier molecular flexibility index (Phi) is 8.32. The van der Waals surface area contributed by atoms with Gasteiger partial charge in [0.25, 0.3) is 0 Å². The molecule has 0 radical (unpaired) electrons. The second-order valence-corrected chi connectivity index (χ2v) is 10.8. The lowest BCUT2D eigenvalue weighted by atomic mass is 9.71. The van der Waals surface area contributed by atoms with Gasteiger partial charge in [0, 0.05) is 24.2 Å². The predicted molar refractivity (Wildman–Crippen MR) is 123 cm³/mol. The van der Waals surface area contributed by atoms with Crippen molar-refractivity contribution >= 4 is 5.97 Å². The van der Waals surface area contributed by atoms with E-state index >= 15 is 0 Å².